The van der Waals surface area contributed by atoms with Gasteiger partial charge < -0.3 is 0 Å². The number of pyridine rings is 1. The number of rotatable bonds is 5. The minimum atomic E-state index is 1.04. The molecule has 0 aliphatic carbocycles. The summed E-state index contributed by atoms with van der Waals surface area (Å²) in [4.78, 5) is 9.19. The van der Waals surface area contributed by atoms with Gasteiger partial charge in [-0.05, 0) is 42.8 Å². The molecular weight excluding hydrogens is 282 g/mol. The molecule has 0 saturated carbocycles. The molecule has 0 radical (unpaired) electrons. The van der Waals surface area contributed by atoms with Crippen LogP contribution in [0.3, 0.4) is 0 Å². The molecule has 2 aromatic rings. The number of hydrogen-bond acceptors (Lipinski definition) is 3. The first-order chi connectivity index (χ1) is 11.4. The molecule has 1 fully saturated rings. The summed E-state index contributed by atoms with van der Waals surface area (Å²) in [6, 6.07) is 14.8. The Labute approximate surface area is 139 Å². The van der Waals surface area contributed by atoms with Crippen molar-refractivity contribution in [1.82, 2.24) is 14.8 Å². The van der Waals surface area contributed by atoms with Gasteiger partial charge in [-0.15, -0.1) is 0 Å². The number of nitrogens with zero attached hydrogens (tertiary/aromatic N) is 3. The highest BCUT2D eigenvalue weighted by Gasteiger charge is 2.13. The Bertz CT molecular complexity index is 595. The van der Waals surface area contributed by atoms with Crippen molar-refractivity contribution in [3.63, 3.8) is 0 Å². The summed E-state index contributed by atoms with van der Waals surface area (Å²) in [6.45, 7) is 6.73. The van der Waals surface area contributed by atoms with Crippen molar-refractivity contribution in [2.75, 3.05) is 32.7 Å². The van der Waals surface area contributed by atoms with Crippen LogP contribution in [0.25, 0.3) is 6.08 Å². The average molecular weight is 307 g/mol. The molecule has 1 saturated heterocycles. The van der Waals surface area contributed by atoms with Crippen molar-refractivity contribution in [3.05, 3.63) is 72.1 Å². The van der Waals surface area contributed by atoms with E-state index in [0.29, 0.717) is 0 Å². The number of benzene rings is 1. The van der Waals surface area contributed by atoms with E-state index >= 15 is 0 Å². The van der Waals surface area contributed by atoms with Gasteiger partial charge in [-0.1, -0.05) is 42.5 Å². The third-order valence-electron chi connectivity index (χ3n) is 4.31. The van der Waals surface area contributed by atoms with Gasteiger partial charge in [0.25, 0.3) is 0 Å². The van der Waals surface area contributed by atoms with Crippen molar-refractivity contribution < 1.29 is 0 Å². The normalized spacial score (nSPS) is 17.4. The lowest BCUT2D eigenvalue weighted by molar-refractivity contribution is 0.262. The van der Waals surface area contributed by atoms with Crippen molar-refractivity contribution in [1.29, 1.82) is 0 Å². The fourth-order valence-corrected chi connectivity index (χ4v) is 3.01. The minimum absolute atomic E-state index is 1.04. The third-order valence-corrected chi connectivity index (χ3v) is 4.31. The first-order valence-corrected chi connectivity index (χ1v) is 8.45. The van der Waals surface area contributed by atoms with E-state index in [1.807, 2.05) is 12.4 Å². The summed E-state index contributed by atoms with van der Waals surface area (Å²) < 4.78 is 0. The van der Waals surface area contributed by atoms with Crippen molar-refractivity contribution in [3.8, 4) is 0 Å². The molecule has 3 heteroatoms. The van der Waals surface area contributed by atoms with Gasteiger partial charge in [0.15, 0.2) is 0 Å². The zero-order chi connectivity index (χ0) is 15.7. The predicted octanol–water partition coefficient (Wildman–Crippen LogP) is 3.30. The topological polar surface area (TPSA) is 19.4 Å². The van der Waals surface area contributed by atoms with E-state index in [0.717, 1.165) is 26.2 Å². The van der Waals surface area contributed by atoms with Gasteiger partial charge in [0, 0.05) is 38.6 Å². The number of hydrogen-bond donors (Lipinski definition) is 0. The van der Waals surface area contributed by atoms with Gasteiger partial charge in [0.1, 0.15) is 0 Å². The quantitative estimate of drug-likeness (QED) is 0.845. The molecule has 0 bridgehead atoms. The summed E-state index contributed by atoms with van der Waals surface area (Å²) >= 11 is 0. The van der Waals surface area contributed by atoms with Gasteiger partial charge >= 0.3 is 0 Å². The van der Waals surface area contributed by atoms with Crippen LogP contribution in [0, 0.1) is 0 Å². The first-order valence-electron chi connectivity index (χ1n) is 8.45. The zero-order valence-corrected chi connectivity index (χ0v) is 13.6. The van der Waals surface area contributed by atoms with Gasteiger partial charge in [-0.25, -0.2) is 0 Å². The van der Waals surface area contributed by atoms with E-state index in [4.69, 9.17) is 0 Å². The molecule has 1 aromatic heterocycles. The smallest absolute Gasteiger partial charge is 0.0271 e. The van der Waals surface area contributed by atoms with E-state index < -0.39 is 0 Å². The number of aromatic nitrogens is 1. The average Bonchev–Trinajstić information content (AvgIpc) is 2.82. The van der Waals surface area contributed by atoms with E-state index in [1.54, 1.807) is 0 Å². The van der Waals surface area contributed by atoms with Crippen LogP contribution in [0.1, 0.15) is 17.5 Å². The maximum Gasteiger partial charge on any atom is 0.0271 e. The lowest BCUT2D eigenvalue weighted by Gasteiger charge is -2.21. The van der Waals surface area contributed by atoms with Gasteiger partial charge in [0.05, 0.1) is 0 Å². The summed E-state index contributed by atoms with van der Waals surface area (Å²) in [6.07, 6.45) is 9.51. The molecule has 3 rings (SSSR count). The van der Waals surface area contributed by atoms with Crippen molar-refractivity contribution >= 4 is 6.08 Å². The minimum Gasteiger partial charge on any atom is -0.298 e. The highest BCUT2D eigenvalue weighted by molar-refractivity contribution is 5.48. The molecule has 120 valence electrons. The van der Waals surface area contributed by atoms with E-state index in [1.165, 1.54) is 30.6 Å². The van der Waals surface area contributed by atoms with Crippen LogP contribution >= 0.6 is 0 Å². The Kier molecular flexibility index (Phi) is 5.95. The van der Waals surface area contributed by atoms with E-state index in [9.17, 15) is 0 Å². The van der Waals surface area contributed by atoms with Crippen LogP contribution < -0.4 is 0 Å². The lowest BCUT2D eigenvalue weighted by Crippen LogP contribution is -2.30. The molecular formula is C20H25N3. The maximum absolute atomic E-state index is 4.09. The first kappa shape index (κ1) is 15.9. The van der Waals surface area contributed by atoms with Crippen LogP contribution in [0.5, 0.6) is 0 Å². The van der Waals surface area contributed by atoms with E-state index in [-0.39, 0.29) is 0 Å². The second-order valence-electron chi connectivity index (χ2n) is 6.10. The molecule has 23 heavy (non-hydrogen) atoms. The third kappa shape index (κ3) is 5.31. The second kappa shape index (κ2) is 8.61. The molecule has 2 heterocycles. The van der Waals surface area contributed by atoms with Gasteiger partial charge in [-0.3, -0.25) is 14.8 Å². The Balaban J connectivity index is 1.46. The zero-order valence-electron chi connectivity index (χ0n) is 13.6. The predicted molar refractivity (Wildman–Crippen MR) is 96.0 cm³/mol. The molecule has 1 aliphatic rings. The monoisotopic (exact) mass is 307 g/mol. The Morgan fingerprint density at radius 1 is 0.870 bits per heavy atom. The molecule has 0 amide bonds. The van der Waals surface area contributed by atoms with Gasteiger partial charge in [0.2, 0.25) is 0 Å². The lowest BCUT2D eigenvalue weighted by atomic mass is 10.2. The molecule has 0 N–H and O–H groups in total. The fraction of sp³-hybridized carbons (Fsp3) is 0.350. The summed E-state index contributed by atoms with van der Waals surface area (Å²) in [5.41, 5.74) is 2.64. The molecule has 0 spiro atoms. The summed E-state index contributed by atoms with van der Waals surface area (Å²) in [5.74, 6) is 0. The SMILES string of the molecule is C(=Cc1ccccc1)CN1CCCN(Cc2ccncc2)CC1. The fourth-order valence-electron chi connectivity index (χ4n) is 3.01. The standard InChI is InChI=1S/C20H25N3/c1-2-6-19(7-3-1)8-4-13-22-14-5-15-23(17-16-22)18-20-9-11-21-12-10-20/h1-4,6-12H,5,13-18H2. The molecule has 1 aliphatic heterocycles. The van der Waals surface area contributed by atoms with Crippen molar-refractivity contribution in [2.24, 2.45) is 0 Å². The summed E-state index contributed by atoms with van der Waals surface area (Å²) in [7, 11) is 0. The second-order valence-corrected chi connectivity index (χ2v) is 6.10. The van der Waals surface area contributed by atoms with Gasteiger partial charge in [-0.2, -0.15) is 0 Å². The van der Waals surface area contributed by atoms with Crippen LogP contribution in [0.2, 0.25) is 0 Å². The Morgan fingerprint density at radius 2 is 1.61 bits per heavy atom. The molecule has 0 unspecified atom stereocenters. The highest BCUT2D eigenvalue weighted by Crippen LogP contribution is 2.09. The largest absolute Gasteiger partial charge is 0.298 e. The van der Waals surface area contributed by atoms with Crippen LogP contribution in [0.4, 0.5) is 0 Å². The molecule has 1 aromatic carbocycles. The molecule has 3 nitrogen and oxygen atoms in total. The van der Waals surface area contributed by atoms with Crippen molar-refractivity contribution in [2.45, 2.75) is 13.0 Å². The van der Waals surface area contributed by atoms with Crippen LogP contribution in [-0.4, -0.2) is 47.5 Å². The van der Waals surface area contributed by atoms with E-state index in [2.05, 4.69) is 69.4 Å². The maximum atomic E-state index is 4.09. The summed E-state index contributed by atoms with van der Waals surface area (Å²) in [5, 5.41) is 0. The Morgan fingerprint density at radius 3 is 2.43 bits per heavy atom. The Hall–Kier alpha value is -1.97. The molecule has 0 atom stereocenters. The highest BCUT2D eigenvalue weighted by atomic mass is 15.2. The van der Waals surface area contributed by atoms with Crippen LogP contribution in [0.15, 0.2) is 60.9 Å². The van der Waals surface area contributed by atoms with Crippen LogP contribution in [-0.2, 0) is 6.54 Å².